The van der Waals surface area contributed by atoms with E-state index in [0.717, 1.165) is 11.1 Å². The fourth-order valence-electron chi connectivity index (χ4n) is 1.75. The van der Waals surface area contributed by atoms with E-state index in [0.29, 0.717) is 23.6 Å². The van der Waals surface area contributed by atoms with Gasteiger partial charge in [-0.3, -0.25) is 4.79 Å². The molecule has 2 rings (SSSR count). The molecule has 0 spiro atoms. The minimum Gasteiger partial charge on any atom is -0.427 e. The number of hydrogen-bond donors (Lipinski definition) is 0. The number of benzene rings is 2. The van der Waals surface area contributed by atoms with Crippen LogP contribution in [0.2, 0.25) is 5.02 Å². The first-order chi connectivity index (χ1) is 9.15. The molecule has 0 aliphatic heterocycles. The van der Waals surface area contributed by atoms with Gasteiger partial charge in [0, 0.05) is 11.4 Å². The summed E-state index contributed by atoms with van der Waals surface area (Å²) >= 11 is 5.92. The Labute approximate surface area is 118 Å². The van der Waals surface area contributed by atoms with Gasteiger partial charge in [-0.1, -0.05) is 41.9 Å². The molecule has 0 aromatic heterocycles. The molecule has 0 N–H and O–H groups in total. The van der Waals surface area contributed by atoms with Crippen LogP contribution in [0.25, 0.3) is 0 Å². The highest BCUT2D eigenvalue weighted by molar-refractivity contribution is 6.31. The van der Waals surface area contributed by atoms with Crippen molar-refractivity contribution in [1.82, 2.24) is 0 Å². The van der Waals surface area contributed by atoms with E-state index in [4.69, 9.17) is 16.3 Å². The topological polar surface area (TPSA) is 26.3 Å². The van der Waals surface area contributed by atoms with E-state index in [2.05, 4.69) is 0 Å². The quantitative estimate of drug-likeness (QED) is 0.617. The van der Waals surface area contributed by atoms with Gasteiger partial charge in [-0.25, -0.2) is 0 Å². The van der Waals surface area contributed by atoms with Gasteiger partial charge >= 0.3 is 5.97 Å². The molecule has 0 atom stereocenters. The summed E-state index contributed by atoms with van der Waals surface area (Å²) in [6.07, 6.45) is 1.05. The van der Waals surface area contributed by atoms with Crippen LogP contribution in [0.15, 0.2) is 48.5 Å². The van der Waals surface area contributed by atoms with Crippen LogP contribution in [0.1, 0.15) is 17.5 Å². The van der Waals surface area contributed by atoms with E-state index >= 15 is 0 Å². The number of esters is 1. The molecule has 0 radical (unpaired) electrons. The zero-order valence-corrected chi connectivity index (χ0v) is 11.5. The van der Waals surface area contributed by atoms with E-state index < -0.39 is 0 Å². The lowest BCUT2D eigenvalue weighted by atomic mass is 10.1. The van der Waals surface area contributed by atoms with Gasteiger partial charge in [-0.05, 0) is 42.7 Å². The summed E-state index contributed by atoms with van der Waals surface area (Å²) < 4.78 is 5.27. The van der Waals surface area contributed by atoms with Gasteiger partial charge in [0.2, 0.25) is 0 Å². The highest BCUT2D eigenvalue weighted by Crippen LogP contribution is 2.21. The van der Waals surface area contributed by atoms with Gasteiger partial charge in [0.25, 0.3) is 0 Å². The molecule has 0 amide bonds. The molecule has 98 valence electrons. The average molecular weight is 275 g/mol. The van der Waals surface area contributed by atoms with Crippen molar-refractivity contribution in [3.63, 3.8) is 0 Å². The maximum Gasteiger partial charge on any atom is 0.311 e. The molecule has 0 saturated carbocycles. The largest absolute Gasteiger partial charge is 0.427 e. The number of carbonyl (C=O) groups excluding carboxylic acids is 1. The predicted molar refractivity (Wildman–Crippen MR) is 76.6 cm³/mol. The molecule has 0 fully saturated rings. The number of halogens is 1. The number of carbonyl (C=O) groups is 1. The Morgan fingerprint density at radius 2 is 1.89 bits per heavy atom. The van der Waals surface area contributed by atoms with Crippen LogP contribution in [0.3, 0.4) is 0 Å². The Morgan fingerprint density at radius 3 is 2.58 bits per heavy atom. The van der Waals surface area contributed by atoms with Gasteiger partial charge in [-0.15, -0.1) is 0 Å². The Morgan fingerprint density at radius 1 is 1.16 bits per heavy atom. The lowest BCUT2D eigenvalue weighted by Gasteiger charge is -2.06. The van der Waals surface area contributed by atoms with Crippen molar-refractivity contribution in [3.8, 4) is 5.75 Å². The molecule has 0 bridgehead atoms. The van der Waals surface area contributed by atoms with Crippen molar-refractivity contribution in [2.75, 3.05) is 0 Å². The third-order valence-corrected chi connectivity index (χ3v) is 3.25. The molecule has 2 aromatic rings. The van der Waals surface area contributed by atoms with E-state index in [9.17, 15) is 4.79 Å². The summed E-state index contributed by atoms with van der Waals surface area (Å²) in [5.74, 6) is 0.311. The van der Waals surface area contributed by atoms with Crippen molar-refractivity contribution >= 4 is 17.6 Å². The molecule has 0 aliphatic carbocycles. The summed E-state index contributed by atoms with van der Waals surface area (Å²) in [4.78, 5) is 11.7. The van der Waals surface area contributed by atoms with Crippen LogP contribution in [-0.4, -0.2) is 5.97 Å². The van der Waals surface area contributed by atoms with E-state index in [1.54, 1.807) is 18.2 Å². The number of ether oxygens (including phenoxy) is 1. The highest BCUT2D eigenvalue weighted by atomic mass is 35.5. The van der Waals surface area contributed by atoms with Gasteiger partial charge in [0.15, 0.2) is 0 Å². The first-order valence-electron chi connectivity index (χ1n) is 6.16. The van der Waals surface area contributed by atoms with Gasteiger partial charge in [0.1, 0.15) is 5.75 Å². The summed E-state index contributed by atoms with van der Waals surface area (Å²) in [5, 5.41) is 0.670. The first-order valence-corrected chi connectivity index (χ1v) is 6.54. The predicted octanol–water partition coefficient (Wildman–Crippen LogP) is 4.19. The Kier molecular flexibility index (Phi) is 4.58. The van der Waals surface area contributed by atoms with Crippen LogP contribution in [-0.2, 0) is 11.2 Å². The Bertz CT molecular complexity index is 564. The number of hydrogen-bond acceptors (Lipinski definition) is 2. The Hall–Kier alpha value is -1.80. The Balaban J connectivity index is 1.89. The zero-order chi connectivity index (χ0) is 13.7. The second-order valence-corrected chi connectivity index (χ2v) is 4.78. The molecule has 3 heteroatoms. The SMILES string of the molecule is Cc1cc(OC(=O)CCc2ccccc2)ccc1Cl. The van der Waals surface area contributed by atoms with Crippen molar-refractivity contribution in [1.29, 1.82) is 0 Å². The molecular formula is C16H15ClO2. The molecule has 0 aliphatic rings. The molecule has 0 saturated heterocycles. The molecule has 0 heterocycles. The van der Waals surface area contributed by atoms with Crippen LogP contribution >= 0.6 is 11.6 Å². The van der Waals surface area contributed by atoms with E-state index in [1.807, 2.05) is 37.3 Å². The molecule has 2 nitrogen and oxygen atoms in total. The van der Waals surface area contributed by atoms with E-state index in [1.165, 1.54) is 0 Å². The van der Waals surface area contributed by atoms with Crippen molar-refractivity contribution in [2.45, 2.75) is 19.8 Å². The number of aryl methyl sites for hydroxylation is 2. The fraction of sp³-hybridized carbons (Fsp3) is 0.188. The third kappa shape index (κ3) is 4.11. The van der Waals surface area contributed by atoms with Crippen LogP contribution in [0.5, 0.6) is 5.75 Å². The molecule has 2 aromatic carbocycles. The summed E-state index contributed by atoms with van der Waals surface area (Å²) in [6.45, 7) is 1.88. The van der Waals surface area contributed by atoms with Crippen molar-refractivity contribution in [2.24, 2.45) is 0 Å². The highest BCUT2D eigenvalue weighted by Gasteiger charge is 2.06. The minimum absolute atomic E-state index is 0.231. The van der Waals surface area contributed by atoms with Crippen LogP contribution in [0, 0.1) is 6.92 Å². The van der Waals surface area contributed by atoms with Crippen molar-refractivity contribution in [3.05, 3.63) is 64.7 Å². The lowest BCUT2D eigenvalue weighted by molar-refractivity contribution is -0.134. The van der Waals surface area contributed by atoms with Crippen LogP contribution in [0.4, 0.5) is 0 Å². The smallest absolute Gasteiger partial charge is 0.311 e. The second-order valence-electron chi connectivity index (χ2n) is 4.37. The standard InChI is InChI=1S/C16H15ClO2/c1-12-11-14(8-9-15(12)17)19-16(18)10-7-13-5-3-2-4-6-13/h2-6,8-9,11H,7,10H2,1H3. The van der Waals surface area contributed by atoms with Crippen molar-refractivity contribution < 1.29 is 9.53 Å². The molecular weight excluding hydrogens is 260 g/mol. The van der Waals surface area contributed by atoms with E-state index in [-0.39, 0.29) is 5.97 Å². The summed E-state index contributed by atoms with van der Waals surface area (Å²) in [7, 11) is 0. The number of rotatable bonds is 4. The second kappa shape index (κ2) is 6.39. The minimum atomic E-state index is -0.231. The first kappa shape index (κ1) is 13.6. The van der Waals surface area contributed by atoms with Gasteiger partial charge < -0.3 is 4.74 Å². The maximum atomic E-state index is 11.7. The summed E-state index contributed by atoms with van der Waals surface area (Å²) in [5.41, 5.74) is 2.03. The van der Waals surface area contributed by atoms with Gasteiger partial charge in [-0.2, -0.15) is 0 Å². The average Bonchev–Trinajstić information content (AvgIpc) is 2.42. The molecule has 19 heavy (non-hydrogen) atoms. The monoisotopic (exact) mass is 274 g/mol. The normalized spacial score (nSPS) is 10.2. The third-order valence-electron chi connectivity index (χ3n) is 2.82. The zero-order valence-electron chi connectivity index (χ0n) is 10.7. The summed E-state index contributed by atoms with van der Waals surface area (Å²) in [6, 6.07) is 15.1. The molecule has 0 unspecified atom stereocenters. The van der Waals surface area contributed by atoms with Gasteiger partial charge in [0.05, 0.1) is 0 Å². The fourth-order valence-corrected chi connectivity index (χ4v) is 1.87. The lowest BCUT2D eigenvalue weighted by Crippen LogP contribution is -2.09. The van der Waals surface area contributed by atoms with Crippen LogP contribution < -0.4 is 4.74 Å². The maximum absolute atomic E-state index is 11.7.